The number of hydrogen-bond donors (Lipinski definition) is 0. The molecule has 0 aromatic rings. The van der Waals surface area contributed by atoms with Crippen LogP contribution in [0.2, 0.25) is 0 Å². The van der Waals surface area contributed by atoms with E-state index in [2.05, 4.69) is 0 Å². The number of halogens is 1. The van der Waals surface area contributed by atoms with Crippen LogP contribution in [0.5, 0.6) is 0 Å². The normalized spacial score (nSPS) is 20.1. The molecule has 96 valence electrons. The van der Waals surface area contributed by atoms with E-state index in [1.54, 1.807) is 0 Å². The molecular weight excluding hydrogens is 244 g/mol. The highest BCUT2D eigenvalue weighted by atomic mass is 35.5. The van der Waals surface area contributed by atoms with Gasteiger partial charge in [0.05, 0.1) is 5.75 Å². The summed E-state index contributed by atoms with van der Waals surface area (Å²) < 4.78 is 23.0. The maximum atomic E-state index is 11.5. The zero-order chi connectivity index (χ0) is 12.0. The van der Waals surface area contributed by atoms with E-state index in [9.17, 15) is 8.42 Å². The van der Waals surface area contributed by atoms with Crippen LogP contribution < -0.4 is 0 Å². The second kappa shape index (κ2) is 6.85. The first-order valence-corrected chi connectivity index (χ1v) is 8.65. The molecule has 1 unspecified atom stereocenters. The van der Waals surface area contributed by atoms with Crippen molar-refractivity contribution in [3.63, 3.8) is 0 Å². The van der Waals surface area contributed by atoms with Crippen LogP contribution in [0.4, 0.5) is 0 Å². The van der Waals surface area contributed by atoms with Crippen molar-refractivity contribution in [3.05, 3.63) is 0 Å². The summed E-state index contributed by atoms with van der Waals surface area (Å²) in [6.07, 6.45) is 7.35. The first-order valence-electron chi connectivity index (χ1n) is 6.39. The standard InChI is InChI=1S/C12H23ClO2S/c1-2-9-16(14,15)10-5-8-12(13)11-6-3-4-7-11/h11-12H,2-10H2,1H3. The van der Waals surface area contributed by atoms with Gasteiger partial charge < -0.3 is 0 Å². The van der Waals surface area contributed by atoms with Crippen LogP contribution in [0.25, 0.3) is 0 Å². The van der Waals surface area contributed by atoms with Gasteiger partial charge in [-0.25, -0.2) is 8.42 Å². The fourth-order valence-corrected chi connectivity index (χ4v) is 4.31. The number of alkyl halides is 1. The van der Waals surface area contributed by atoms with Crippen LogP contribution in [0.1, 0.15) is 51.9 Å². The smallest absolute Gasteiger partial charge is 0.150 e. The SMILES string of the molecule is CCCS(=O)(=O)CCCC(Cl)C1CCCC1. The fraction of sp³-hybridized carbons (Fsp3) is 1.00. The fourth-order valence-electron chi connectivity index (χ4n) is 2.47. The number of hydrogen-bond acceptors (Lipinski definition) is 2. The third kappa shape index (κ3) is 5.05. The highest BCUT2D eigenvalue weighted by molar-refractivity contribution is 7.91. The Hall–Kier alpha value is 0.240. The molecule has 1 aliphatic carbocycles. The lowest BCUT2D eigenvalue weighted by atomic mass is 10.0. The highest BCUT2D eigenvalue weighted by Crippen LogP contribution is 2.32. The van der Waals surface area contributed by atoms with Gasteiger partial charge >= 0.3 is 0 Å². The molecule has 1 fully saturated rings. The summed E-state index contributed by atoms with van der Waals surface area (Å²) in [7, 11) is -2.81. The lowest BCUT2D eigenvalue weighted by Gasteiger charge is -2.16. The molecule has 0 aromatic carbocycles. The van der Waals surface area contributed by atoms with Gasteiger partial charge in [0.15, 0.2) is 0 Å². The third-order valence-corrected chi connectivity index (χ3v) is 5.88. The maximum Gasteiger partial charge on any atom is 0.150 e. The van der Waals surface area contributed by atoms with Gasteiger partial charge in [-0.2, -0.15) is 0 Å². The van der Waals surface area contributed by atoms with Crippen molar-refractivity contribution < 1.29 is 8.42 Å². The zero-order valence-corrected chi connectivity index (χ0v) is 11.7. The highest BCUT2D eigenvalue weighted by Gasteiger charge is 2.23. The Morgan fingerprint density at radius 2 is 1.88 bits per heavy atom. The van der Waals surface area contributed by atoms with Crippen molar-refractivity contribution in [2.75, 3.05) is 11.5 Å². The first-order chi connectivity index (χ1) is 7.55. The quantitative estimate of drug-likeness (QED) is 0.662. The minimum atomic E-state index is -2.81. The van der Waals surface area contributed by atoms with Gasteiger partial charge in [0, 0.05) is 11.1 Å². The number of rotatable bonds is 7. The van der Waals surface area contributed by atoms with E-state index in [1.807, 2.05) is 6.92 Å². The van der Waals surface area contributed by atoms with Crippen LogP contribution in [-0.4, -0.2) is 25.3 Å². The summed E-state index contributed by atoms with van der Waals surface area (Å²) in [5.74, 6) is 1.27. The minimum Gasteiger partial charge on any atom is -0.229 e. The molecule has 0 N–H and O–H groups in total. The van der Waals surface area contributed by atoms with E-state index in [1.165, 1.54) is 25.7 Å². The summed E-state index contributed by atoms with van der Waals surface area (Å²) in [4.78, 5) is 0. The maximum absolute atomic E-state index is 11.5. The molecule has 0 saturated heterocycles. The van der Waals surface area contributed by atoms with Gasteiger partial charge in [0.2, 0.25) is 0 Å². The molecule has 0 aliphatic heterocycles. The minimum absolute atomic E-state index is 0.194. The summed E-state index contributed by atoms with van der Waals surface area (Å²) in [6.45, 7) is 1.90. The summed E-state index contributed by atoms with van der Waals surface area (Å²) in [5, 5.41) is 0.194. The van der Waals surface area contributed by atoms with Crippen molar-refractivity contribution in [2.24, 2.45) is 5.92 Å². The van der Waals surface area contributed by atoms with Crippen molar-refractivity contribution >= 4 is 21.4 Å². The van der Waals surface area contributed by atoms with Gasteiger partial charge in [-0.15, -0.1) is 11.6 Å². The van der Waals surface area contributed by atoms with Crippen LogP contribution in [0.3, 0.4) is 0 Å². The molecule has 0 heterocycles. The van der Waals surface area contributed by atoms with Gasteiger partial charge in [-0.05, 0) is 38.0 Å². The first kappa shape index (κ1) is 14.3. The molecule has 1 aliphatic rings. The molecule has 0 aromatic heterocycles. The van der Waals surface area contributed by atoms with E-state index in [4.69, 9.17) is 11.6 Å². The van der Waals surface area contributed by atoms with Gasteiger partial charge in [-0.1, -0.05) is 19.8 Å². The van der Waals surface area contributed by atoms with Crippen LogP contribution in [-0.2, 0) is 9.84 Å². The van der Waals surface area contributed by atoms with E-state index >= 15 is 0 Å². The predicted octanol–water partition coefficient (Wildman–Crippen LogP) is 3.39. The van der Waals surface area contributed by atoms with Crippen molar-refractivity contribution in [2.45, 2.75) is 57.2 Å². The Morgan fingerprint density at radius 3 is 2.44 bits per heavy atom. The molecule has 0 spiro atoms. The average molecular weight is 267 g/mol. The Balaban J connectivity index is 2.19. The Labute approximate surface area is 105 Å². The predicted molar refractivity (Wildman–Crippen MR) is 69.8 cm³/mol. The Kier molecular flexibility index (Phi) is 6.12. The Bertz CT molecular complexity index is 281. The average Bonchev–Trinajstić information content (AvgIpc) is 2.69. The second-order valence-electron chi connectivity index (χ2n) is 4.85. The zero-order valence-electron chi connectivity index (χ0n) is 10.1. The van der Waals surface area contributed by atoms with E-state index in [-0.39, 0.29) is 5.38 Å². The third-order valence-electron chi connectivity index (χ3n) is 3.36. The van der Waals surface area contributed by atoms with E-state index < -0.39 is 9.84 Å². The lowest BCUT2D eigenvalue weighted by Crippen LogP contribution is -2.15. The molecule has 0 radical (unpaired) electrons. The second-order valence-corrected chi connectivity index (χ2v) is 7.72. The molecule has 1 rings (SSSR count). The summed E-state index contributed by atoms with van der Waals surface area (Å²) in [6, 6.07) is 0. The van der Waals surface area contributed by atoms with Crippen LogP contribution in [0, 0.1) is 5.92 Å². The molecule has 2 nitrogen and oxygen atoms in total. The van der Waals surface area contributed by atoms with Crippen molar-refractivity contribution in [1.82, 2.24) is 0 Å². The van der Waals surface area contributed by atoms with Gasteiger partial charge in [0.25, 0.3) is 0 Å². The van der Waals surface area contributed by atoms with Crippen LogP contribution >= 0.6 is 11.6 Å². The molecule has 16 heavy (non-hydrogen) atoms. The van der Waals surface area contributed by atoms with E-state index in [0.717, 1.165) is 19.3 Å². The number of sulfone groups is 1. The van der Waals surface area contributed by atoms with Gasteiger partial charge in [-0.3, -0.25) is 0 Å². The van der Waals surface area contributed by atoms with Crippen molar-refractivity contribution in [3.8, 4) is 0 Å². The molecule has 1 atom stereocenters. The van der Waals surface area contributed by atoms with Crippen molar-refractivity contribution in [1.29, 1.82) is 0 Å². The summed E-state index contributed by atoms with van der Waals surface area (Å²) in [5.41, 5.74) is 0. The molecular formula is C12H23ClO2S. The Morgan fingerprint density at radius 1 is 1.25 bits per heavy atom. The molecule has 4 heteroatoms. The monoisotopic (exact) mass is 266 g/mol. The molecule has 0 bridgehead atoms. The topological polar surface area (TPSA) is 34.1 Å². The molecule has 0 amide bonds. The van der Waals surface area contributed by atoms with Gasteiger partial charge in [0.1, 0.15) is 9.84 Å². The summed E-state index contributed by atoms with van der Waals surface area (Å²) >= 11 is 6.30. The lowest BCUT2D eigenvalue weighted by molar-refractivity contribution is 0.487. The largest absolute Gasteiger partial charge is 0.229 e. The van der Waals surface area contributed by atoms with Crippen LogP contribution in [0.15, 0.2) is 0 Å². The van der Waals surface area contributed by atoms with E-state index in [0.29, 0.717) is 17.4 Å². The molecule has 1 saturated carbocycles.